The number of carbonyl (C=O) groups excluding carboxylic acids is 1. The Morgan fingerprint density at radius 1 is 1.70 bits per heavy atom. The first-order chi connectivity index (χ1) is 4.66. The molecule has 0 spiro atoms. The molecule has 1 aliphatic rings. The van der Waals surface area contributed by atoms with Gasteiger partial charge in [0, 0.05) is 6.20 Å². The minimum atomic E-state index is -1.08. The Hall–Kier alpha value is -1.39. The van der Waals surface area contributed by atoms with E-state index in [1.807, 2.05) is 0 Å². The van der Waals surface area contributed by atoms with E-state index in [1.54, 1.807) is 0 Å². The van der Waals surface area contributed by atoms with Crippen molar-refractivity contribution in [3.63, 3.8) is 0 Å². The molecular formula is C5H7N3O2. The van der Waals surface area contributed by atoms with Gasteiger partial charge in [0.25, 0.3) is 0 Å². The molecule has 0 fully saturated rings. The SMILES string of the molecule is CC1(N=O)C=CNC(=O)N1. The van der Waals surface area contributed by atoms with Crippen molar-refractivity contribution in [1.29, 1.82) is 0 Å². The summed E-state index contributed by atoms with van der Waals surface area (Å²) in [4.78, 5) is 20.6. The van der Waals surface area contributed by atoms with Gasteiger partial charge in [-0.1, -0.05) is 0 Å². The van der Waals surface area contributed by atoms with Crippen molar-refractivity contribution in [2.24, 2.45) is 5.18 Å². The van der Waals surface area contributed by atoms with Gasteiger partial charge in [-0.05, 0) is 18.2 Å². The van der Waals surface area contributed by atoms with Crippen molar-refractivity contribution in [1.82, 2.24) is 10.6 Å². The Morgan fingerprint density at radius 3 is 2.80 bits per heavy atom. The summed E-state index contributed by atoms with van der Waals surface area (Å²) < 4.78 is 0. The topological polar surface area (TPSA) is 70.6 Å². The molecule has 0 saturated heterocycles. The monoisotopic (exact) mass is 141 g/mol. The third-order valence-electron chi connectivity index (χ3n) is 1.18. The molecule has 0 aromatic rings. The number of carbonyl (C=O) groups is 1. The molecule has 0 aromatic carbocycles. The van der Waals surface area contributed by atoms with Crippen LogP contribution in [0.25, 0.3) is 0 Å². The molecule has 1 aliphatic heterocycles. The highest BCUT2D eigenvalue weighted by atomic mass is 16.3. The van der Waals surface area contributed by atoms with Gasteiger partial charge in [0.1, 0.15) is 0 Å². The molecule has 1 rings (SSSR count). The lowest BCUT2D eigenvalue weighted by Crippen LogP contribution is -2.49. The second-order valence-electron chi connectivity index (χ2n) is 2.17. The lowest BCUT2D eigenvalue weighted by molar-refractivity contribution is 0.234. The molecule has 1 unspecified atom stereocenters. The largest absolute Gasteiger partial charge is 0.320 e. The highest BCUT2D eigenvalue weighted by molar-refractivity contribution is 5.77. The summed E-state index contributed by atoms with van der Waals surface area (Å²) in [5.74, 6) is 0. The molecule has 10 heavy (non-hydrogen) atoms. The van der Waals surface area contributed by atoms with Crippen LogP contribution in [0.5, 0.6) is 0 Å². The van der Waals surface area contributed by atoms with E-state index in [1.165, 1.54) is 19.2 Å². The highest BCUT2D eigenvalue weighted by Gasteiger charge is 2.26. The molecule has 2 amide bonds. The summed E-state index contributed by atoms with van der Waals surface area (Å²) in [6.45, 7) is 1.51. The van der Waals surface area contributed by atoms with E-state index in [-0.39, 0.29) is 0 Å². The molecule has 2 N–H and O–H groups in total. The van der Waals surface area contributed by atoms with Crippen LogP contribution in [-0.4, -0.2) is 11.7 Å². The Labute approximate surface area is 57.5 Å². The molecule has 1 heterocycles. The first-order valence-corrected chi connectivity index (χ1v) is 2.77. The standard InChI is InChI=1S/C5H7N3O2/c1-5(8-10)2-3-6-4(9)7-5/h2-3H,1H3,(H2,6,7,9). The summed E-state index contributed by atoms with van der Waals surface area (Å²) in [6.07, 6.45) is 2.86. The number of hydrogen-bond acceptors (Lipinski definition) is 3. The van der Waals surface area contributed by atoms with Crippen molar-refractivity contribution < 1.29 is 4.79 Å². The van der Waals surface area contributed by atoms with E-state index < -0.39 is 11.7 Å². The van der Waals surface area contributed by atoms with Gasteiger partial charge in [-0.2, -0.15) is 0 Å². The van der Waals surface area contributed by atoms with E-state index >= 15 is 0 Å². The molecule has 1 atom stereocenters. The van der Waals surface area contributed by atoms with E-state index in [0.717, 1.165) is 0 Å². The minimum absolute atomic E-state index is 0.412. The number of nitrogens with zero attached hydrogens (tertiary/aromatic N) is 1. The fourth-order valence-electron chi connectivity index (χ4n) is 0.640. The van der Waals surface area contributed by atoms with Crippen LogP contribution in [0.15, 0.2) is 17.5 Å². The van der Waals surface area contributed by atoms with Gasteiger partial charge in [0.2, 0.25) is 0 Å². The van der Waals surface area contributed by atoms with Crippen molar-refractivity contribution >= 4 is 6.03 Å². The van der Waals surface area contributed by atoms with Gasteiger partial charge >= 0.3 is 6.03 Å². The van der Waals surface area contributed by atoms with Gasteiger partial charge in [-0.25, -0.2) is 4.79 Å². The van der Waals surface area contributed by atoms with Gasteiger partial charge in [0.05, 0.1) is 0 Å². The third kappa shape index (κ3) is 1.12. The average Bonchev–Trinajstić information content (AvgIpc) is 1.88. The number of urea groups is 1. The summed E-state index contributed by atoms with van der Waals surface area (Å²) in [5, 5.41) is 7.39. The van der Waals surface area contributed by atoms with Crippen LogP contribution in [0.3, 0.4) is 0 Å². The summed E-state index contributed by atoms with van der Waals surface area (Å²) in [6, 6.07) is -0.412. The van der Waals surface area contributed by atoms with Crippen LogP contribution in [0.2, 0.25) is 0 Å². The van der Waals surface area contributed by atoms with E-state index in [0.29, 0.717) is 0 Å². The Balaban J connectivity index is 2.80. The van der Waals surface area contributed by atoms with E-state index in [4.69, 9.17) is 0 Å². The smallest absolute Gasteiger partial charge is 0.315 e. The molecule has 54 valence electrons. The zero-order valence-corrected chi connectivity index (χ0v) is 5.42. The Bertz CT molecular complexity index is 201. The molecular weight excluding hydrogens is 134 g/mol. The van der Waals surface area contributed by atoms with Crippen LogP contribution in [0, 0.1) is 4.91 Å². The number of nitrogens with one attached hydrogen (secondary N) is 2. The normalized spacial score (nSPS) is 30.7. The lowest BCUT2D eigenvalue weighted by atomic mass is 10.2. The van der Waals surface area contributed by atoms with Gasteiger partial charge < -0.3 is 10.6 Å². The first kappa shape index (κ1) is 6.73. The Morgan fingerprint density at radius 2 is 2.40 bits per heavy atom. The van der Waals surface area contributed by atoms with Crippen molar-refractivity contribution in [3.05, 3.63) is 17.2 Å². The molecule has 5 nitrogen and oxygen atoms in total. The minimum Gasteiger partial charge on any atom is -0.315 e. The van der Waals surface area contributed by atoms with Gasteiger partial charge in [0.15, 0.2) is 5.66 Å². The molecule has 0 radical (unpaired) electrons. The average molecular weight is 141 g/mol. The van der Waals surface area contributed by atoms with Gasteiger partial charge in [-0.3, -0.25) is 0 Å². The molecule has 0 saturated carbocycles. The van der Waals surface area contributed by atoms with Gasteiger partial charge in [-0.15, -0.1) is 4.91 Å². The zero-order chi connectivity index (χ0) is 7.61. The molecule has 0 aliphatic carbocycles. The number of nitroso groups, excluding NO2 is 1. The van der Waals surface area contributed by atoms with Crippen LogP contribution in [0.1, 0.15) is 6.92 Å². The van der Waals surface area contributed by atoms with E-state index in [9.17, 15) is 9.70 Å². The molecule has 0 aromatic heterocycles. The quantitative estimate of drug-likeness (QED) is 0.515. The fraction of sp³-hybridized carbons (Fsp3) is 0.400. The van der Waals surface area contributed by atoms with Crippen molar-refractivity contribution in [3.8, 4) is 0 Å². The fourth-order valence-corrected chi connectivity index (χ4v) is 0.640. The maximum Gasteiger partial charge on any atom is 0.320 e. The lowest BCUT2D eigenvalue weighted by Gasteiger charge is -2.22. The molecule has 5 heteroatoms. The second-order valence-corrected chi connectivity index (χ2v) is 2.17. The number of amides is 2. The Kier molecular flexibility index (Phi) is 1.41. The third-order valence-corrected chi connectivity index (χ3v) is 1.18. The van der Waals surface area contributed by atoms with Crippen LogP contribution in [0.4, 0.5) is 4.79 Å². The maximum atomic E-state index is 10.6. The number of rotatable bonds is 1. The van der Waals surface area contributed by atoms with E-state index in [2.05, 4.69) is 15.8 Å². The van der Waals surface area contributed by atoms with Crippen molar-refractivity contribution in [2.45, 2.75) is 12.6 Å². The number of hydrogen-bond donors (Lipinski definition) is 2. The van der Waals surface area contributed by atoms with Crippen LogP contribution >= 0.6 is 0 Å². The van der Waals surface area contributed by atoms with Crippen LogP contribution < -0.4 is 10.6 Å². The van der Waals surface area contributed by atoms with Crippen molar-refractivity contribution in [2.75, 3.05) is 0 Å². The maximum absolute atomic E-state index is 10.6. The summed E-state index contributed by atoms with van der Waals surface area (Å²) >= 11 is 0. The zero-order valence-electron chi connectivity index (χ0n) is 5.42. The highest BCUT2D eigenvalue weighted by Crippen LogP contribution is 2.08. The first-order valence-electron chi connectivity index (χ1n) is 2.77. The predicted octanol–water partition coefficient (Wildman–Crippen LogP) is 0.295. The van der Waals surface area contributed by atoms with Crippen LogP contribution in [-0.2, 0) is 0 Å². The summed E-state index contributed by atoms with van der Waals surface area (Å²) in [7, 11) is 0. The summed E-state index contributed by atoms with van der Waals surface area (Å²) in [5.41, 5.74) is -1.08. The second kappa shape index (κ2) is 2.09. The molecule has 0 bridgehead atoms. The predicted molar refractivity (Wildman–Crippen MR) is 35.0 cm³/mol.